The number of aromatic hydroxyl groups is 1. The van der Waals surface area contributed by atoms with Gasteiger partial charge in [0.2, 0.25) is 0 Å². The molecular weight excluding hydrogens is 216 g/mol. The molecule has 1 aromatic heterocycles. The fourth-order valence-electron chi connectivity index (χ4n) is 1.13. The number of hydrogen-bond donors (Lipinski definition) is 3. The number of amides is 1. The van der Waals surface area contributed by atoms with Gasteiger partial charge in [0.05, 0.1) is 0 Å². The summed E-state index contributed by atoms with van der Waals surface area (Å²) in [5, 5.41) is 17.7. The van der Waals surface area contributed by atoms with Crippen LogP contribution in [0.5, 0.6) is 5.75 Å². The van der Waals surface area contributed by atoms with Crippen LogP contribution in [-0.4, -0.2) is 27.4 Å². The average Bonchev–Trinajstić information content (AvgIpc) is 2.28. The fraction of sp³-hybridized carbons (Fsp3) is 0.333. The Labute approximate surface area is 90.8 Å². The summed E-state index contributed by atoms with van der Waals surface area (Å²) in [6, 6.07) is 1.17. The Morgan fingerprint density at radius 2 is 2.31 bits per heavy atom. The number of ether oxygens (including phenoxy) is 1. The summed E-state index contributed by atoms with van der Waals surface area (Å²) < 4.78 is 6.10. The van der Waals surface area contributed by atoms with Crippen LogP contribution in [0.2, 0.25) is 0 Å². The maximum atomic E-state index is 11.6. The molecule has 0 spiro atoms. The lowest BCUT2D eigenvalue weighted by atomic mass is 10.2. The molecule has 0 radical (unpaired) electrons. The van der Waals surface area contributed by atoms with E-state index in [0.717, 1.165) is 4.57 Å². The first kappa shape index (κ1) is 12.2. The van der Waals surface area contributed by atoms with Gasteiger partial charge in [0.25, 0.3) is 11.5 Å². The second-order valence-electron chi connectivity index (χ2n) is 2.91. The van der Waals surface area contributed by atoms with Gasteiger partial charge in [-0.3, -0.25) is 19.4 Å². The van der Waals surface area contributed by atoms with Gasteiger partial charge in [-0.15, -0.1) is 0 Å². The van der Waals surface area contributed by atoms with Crippen molar-refractivity contribution in [1.29, 1.82) is 0 Å². The number of pyridine rings is 1. The second kappa shape index (κ2) is 5.29. The van der Waals surface area contributed by atoms with E-state index in [-0.39, 0.29) is 6.73 Å². The van der Waals surface area contributed by atoms with Gasteiger partial charge in [0, 0.05) is 12.8 Å². The molecule has 16 heavy (non-hydrogen) atoms. The van der Waals surface area contributed by atoms with Gasteiger partial charge in [-0.1, -0.05) is 0 Å². The Morgan fingerprint density at radius 3 is 2.88 bits per heavy atom. The zero-order valence-electron chi connectivity index (χ0n) is 8.64. The molecule has 3 N–H and O–H groups in total. The Balaban J connectivity index is 3.17. The Bertz CT molecular complexity index is 440. The summed E-state index contributed by atoms with van der Waals surface area (Å²) in [5.41, 5.74) is 0.0336. The molecule has 0 saturated heterocycles. The predicted octanol–water partition coefficient (Wildman–Crippen LogP) is -0.333. The van der Waals surface area contributed by atoms with Gasteiger partial charge in [0.1, 0.15) is 18.0 Å². The van der Waals surface area contributed by atoms with Crippen LogP contribution in [0.4, 0.5) is 0 Å². The Morgan fingerprint density at radius 1 is 1.62 bits per heavy atom. The van der Waals surface area contributed by atoms with Gasteiger partial charge in [0.15, 0.2) is 0 Å². The molecule has 0 atom stereocenters. The standard InChI is InChI=1S/C9H12N2O5/c1-2-16-5-11-4-3-6(12)7(9(11)14)8(13)10-15/h3-4,12,15H,2,5H2,1H3,(H,10,13). The van der Waals surface area contributed by atoms with Gasteiger partial charge in [-0.2, -0.15) is 0 Å². The topological polar surface area (TPSA) is 101 Å². The first-order valence-corrected chi connectivity index (χ1v) is 4.56. The zero-order valence-corrected chi connectivity index (χ0v) is 8.64. The summed E-state index contributed by atoms with van der Waals surface area (Å²) in [7, 11) is 0. The summed E-state index contributed by atoms with van der Waals surface area (Å²) in [6.07, 6.45) is 1.29. The monoisotopic (exact) mass is 228 g/mol. The number of carbonyl (C=O) groups is 1. The van der Waals surface area contributed by atoms with Crippen LogP contribution in [0.1, 0.15) is 17.3 Å². The van der Waals surface area contributed by atoms with Crippen LogP contribution in [0.15, 0.2) is 17.1 Å². The molecular formula is C9H12N2O5. The smallest absolute Gasteiger partial charge is 0.284 e. The molecule has 0 aromatic carbocycles. The highest BCUT2D eigenvalue weighted by Gasteiger charge is 2.16. The van der Waals surface area contributed by atoms with Crippen LogP contribution in [0, 0.1) is 0 Å². The van der Waals surface area contributed by atoms with E-state index in [0.29, 0.717) is 6.61 Å². The van der Waals surface area contributed by atoms with Crippen LogP contribution in [0.3, 0.4) is 0 Å². The summed E-state index contributed by atoms with van der Waals surface area (Å²) in [4.78, 5) is 22.8. The molecule has 88 valence electrons. The summed E-state index contributed by atoms with van der Waals surface area (Å²) in [6.45, 7) is 2.14. The maximum Gasteiger partial charge on any atom is 0.284 e. The van der Waals surface area contributed by atoms with E-state index < -0.39 is 22.8 Å². The molecule has 1 heterocycles. The minimum atomic E-state index is -1.06. The van der Waals surface area contributed by atoms with Crippen molar-refractivity contribution < 1.29 is 19.8 Å². The number of nitrogens with one attached hydrogen (secondary N) is 1. The molecule has 1 amide bonds. The van der Waals surface area contributed by atoms with E-state index in [4.69, 9.17) is 9.94 Å². The van der Waals surface area contributed by atoms with Crippen molar-refractivity contribution in [2.45, 2.75) is 13.7 Å². The number of hydrogen-bond acceptors (Lipinski definition) is 5. The van der Waals surface area contributed by atoms with E-state index in [1.165, 1.54) is 17.7 Å². The van der Waals surface area contributed by atoms with Crippen molar-refractivity contribution >= 4 is 5.91 Å². The van der Waals surface area contributed by atoms with E-state index in [9.17, 15) is 14.7 Å². The van der Waals surface area contributed by atoms with Gasteiger partial charge in [-0.05, 0) is 13.0 Å². The molecule has 7 nitrogen and oxygen atoms in total. The number of carbonyl (C=O) groups excluding carboxylic acids is 1. The van der Waals surface area contributed by atoms with Crippen molar-refractivity contribution in [3.8, 4) is 5.75 Å². The maximum absolute atomic E-state index is 11.6. The van der Waals surface area contributed by atoms with Gasteiger partial charge in [-0.25, -0.2) is 5.48 Å². The highest BCUT2D eigenvalue weighted by atomic mass is 16.5. The molecule has 1 rings (SSSR count). The minimum Gasteiger partial charge on any atom is -0.507 e. The average molecular weight is 228 g/mol. The van der Waals surface area contributed by atoms with Crippen molar-refractivity contribution in [3.63, 3.8) is 0 Å². The lowest BCUT2D eigenvalue weighted by molar-refractivity contribution is 0.0691. The normalized spacial score (nSPS) is 10.1. The van der Waals surface area contributed by atoms with E-state index >= 15 is 0 Å². The third-order valence-corrected chi connectivity index (χ3v) is 1.91. The predicted molar refractivity (Wildman–Crippen MR) is 53.2 cm³/mol. The summed E-state index contributed by atoms with van der Waals surface area (Å²) in [5.74, 6) is -1.56. The largest absolute Gasteiger partial charge is 0.507 e. The molecule has 0 saturated carbocycles. The Kier molecular flexibility index (Phi) is 4.03. The third-order valence-electron chi connectivity index (χ3n) is 1.91. The molecule has 0 aliphatic heterocycles. The molecule has 0 aliphatic carbocycles. The van der Waals surface area contributed by atoms with E-state index in [1.807, 2.05) is 0 Å². The Hall–Kier alpha value is -1.86. The van der Waals surface area contributed by atoms with E-state index in [1.54, 1.807) is 6.92 Å². The van der Waals surface area contributed by atoms with Gasteiger partial charge < -0.3 is 9.84 Å². The zero-order chi connectivity index (χ0) is 12.1. The number of rotatable bonds is 4. The highest BCUT2D eigenvalue weighted by molar-refractivity contribution is 5.95. The van der Waals surface area contributed by atoms with Crippen molar-refractivity contribution in [2.24, 2.45) is 0 Å². The first-order valence-electron chi connectivity index (χ1n) is 4.56. The van der Waals surface area contributed by atoms with Gasteiger partial charge >= 0.3 is 0 Å². The SMILES string of the molecule is CCOCn1ccc(O)c(C(=O)NO)c1=O. The molecule has 1 aromatic rings. The molecule has 0 unspecified atom stereocenters. The van der Waals surface area contributed by atoms with Crippen LogP contribution in [-0.2, 0) is 11.5 Å². The first-order chi connectivity index (χ1) is 7.61. The van der Waals surface area contributed by atoms with Crippen LogP contribution in [0.25, 0.3) is 0 Å². The lowest BCUT2D eigenvalue weighted by Gasteiger charge is -2.08. The molecule has 0 aliphatic rings. The van der Waals surface area contributed by atoms with Crippen molar-refractivity contribution in [3.05, 3.63) is 28.2 Å². The highest BCUT2D eigenvalue weighted by Crippen LogP contribution is 2.10. The third kappa shape index (κ3) is 2.38. The second-order valence-corrected chi connectivity index (χ2v) is 2.91. The molecule has 7 heteroatoms. The number of nitrogens with zero attached hydrogens (tertiary/aromatic N) is 1. The number of hydroxylamine groups is 1. The van der Waals surface area contributed by atoms with Crippen molar-refractivity contribution in [1.82, 2.24) is 10.0 Å². The van der Waals surface area contributed by atoms with Crippen molar-refractivity contribution in [2.75, 3.05) is 6.61 Å². The molecule has 0 bridgehead atoms. The number of aromatic nitrogens is 1. The fourth-order valence-corrected chi connectivity index (χ4v) is 1.13. The van der Waals surface area contributed by atoms with E-state index in [2.05, 4.69) is 0 Å². The van der Waals surface area contributed by atoms with Crippen LogP contribution < -0.4 is 11.0 Å². The minimum absolute atomic E-state index is 0.0265. The summed E-state index contributed by atoms with van der Waals surface area (Å²) >= 11 is 0. The quantitative estimate of drug-likeness (QED) is 0.483. The van der Waals surface area contributed by atoms with Crippen LogP contribution >= 0.6 is 0 Å². The molecule has 0 fully saturated rings. The lowest BCUT2D eigenvalue weighted by Crippen LogP contribution is -2.31.